The average Bonchev–Trinajstić information content (AvgIpc) is 3.19. The van der Waals surface area contributed by atoms with Gasteiger partial charge in [-0.1, -0.05) is 142 Å². The summed E-state index contributed by atoms with van der Waals surface area (Å²) >= 11 is 13.1. The lowest BCUT2D eigenvalue weighted by Crippen LogP contribution is -2.20. The van der Waals surface area contributed by atoms with Gasteiger partial charge in [0.05, 0.1) is 11.4 Å². The van der Waals surface area contributed by atoms with Crippen LogP contribution in [0.1, 0.15) is 71.1 Å². The van der Waals surface area contributed by atoms with E-state index >= 15 is 0 Å². The molecular weight excluding hydrogens is 455 g/mol. The summed E-state index contributed by atoms with van der Waals surface area (Å²) in [5.41, 5.74) is 2.53. The zero-order valence-electron chi connectivity index (χ0n) is 15.1. The quantitative estimate of drug-likeness (QED) is 0.179. The van der Waals surface area contributed by atoms with Crippen LogP contribution in [0.5, 0.6) is 0 Å². The van der Waals surface area contributed by atoms with Gasteiger partial charge >= 0.3 is 0 Å². The van der Waals surface area contributed by atoms with Crippen molar-refractivity contribution < 1.29 is 0 Å². The van der Waals surface area contributed by atoms with Crippen molar-refractivity contribution in [3.8, 4) is 0 Å². The Labute approximate surface area is 186 Å². The van der Waals surface area contributed by atoms with Crippen LogP contribution in [-0.4, -0.2) is 6.54 Å². The highest BCUT2D eigenvalue weighted by Crippen LogP contribution is 2.56. The minimum absolute atomic E-state index is 1.03. The number of rotatable bonds is 11. The first-order valence-electron chi connectivity index (χ1n) is 9.44. The van der Waals surface area contributed by atoms with Gasteiger partial charge in [-0.2, -0.15) is 0 Å². The van der Waals surface area contributed by atoms with Crippen molar-refractivity contribution in [2.24, 2.45) is 0 Å². The van der Waals surface area contributed by atoms with E-state index in [0.29, 0.717) is 0 Å². The van der Waals surface area contributed by atoms with Crippen molar-refractivity contribution in [1.82, 2.24) is 0 Å². The van der Waals surface area contributed by atoms with Crippen molar-refractivity contribution in [3.05, 3.63) is 7.65 Å². The van der Waals surface area contributed by atoms with Crippen molar-refractivity contribution >= 4 is 88.9 Å². The molecule has 0 saturated carbocycles. The number of fused-ring (bicyclic) bond motifs is 2. The Balaban J connectivity index is 1.47. The van der Waals surface area contributed by atoms with Crippen LogP contribution in [0.4, 0.5) is 11.4 Å². The molecule has 0 atom stereocenters. The molecule has 0 spiro atoms. The summed E-state index contributed by atoms with van der Waals surface area (Å²) in [7, 11) is 7.11. The lowest BCUT2D eigenvalue weighted by molar-refractivity contribution is 0.557. The largest absolute Gasteiger partial charge is 0.334 e. The maximum atomic E-state index is 5.62. The number of hydrogen-bond acceptors (Lipinski definition) is 8. The van der Waals surface area contributed by atoms with E-state index in [1.807, 2.05) is 32.4 Å². The highest BCUT2D eigenvalue weighted by Gasteiger charge is 2.29. The van der Waals surface area contributed by atoms with Gasteiger partial charge in [0.15, 0.2) is 0 Å². The molecule has 1 aliphatic rings. The van der Waals surface area contributed by atoms with Crippen LogP contribution in [0.3, 0.4) is 0 Å². The molecule has 2 aromatic heterocycles. The van der Waals surface area contributed by atoms with Crippen LogP contribution in [0, 0.1) is 7.65 Å². The van der Waals surface area contributed by atoms with Crippen molar-refractivity contribution in [3.63, 3.8) is 0 Å². The topological polar surface area (TPSA) is 3.24 Å². The lowest BCUT2D eigenvalue weighted by Gasteiger charge is -2.27. The Hall–Kier alpha value is 0.690. The second-order valence-corrected chi connectivity index (χ2v) is 13.8. The van der Waals surface area contributed by atoms with Crippen LogP contribution in [-0.2, 0) is 0 Å². The standard InChI is InChI=1S/C18H25NS7/c1-2-3-4-5-6-7-8-9-10-11-12-19-13-15(20)23-25-17(13)22-18-14(19)16(21)24-26-18/h2-12H2,1H3. The monoisotopic (exact) mass is 479 g/mol. The molecule has 0 unspecified atom stereocenters. The van der Waals surface area contributed by atoms with Gasteiger partial charge in [-0.25, -0.2) is 0 Å². The van der Waals surface area contributed by atoms with Crippen LogP contribution in [0.15, 0.2) is 8.42 Å². The van der Waals surface area contributed by atoms with Crippen molar-refractivity contribution in [1.29, 1.82) is 0 Å². The molecule has 26 heavy (non-hydrogen) atoms. The first-order valence-corrected chi connectivity index (χ1v) is 15.4. The van der Waals surface area contributed by atoms with E-state index < -0.39 is 0 Å². The maximum Gasteiger partial charge on any atom is 0.126 e. The number of nitrogens with zero attached hydrogens (tertiary/aromatic N) is 1. The molecule has 0 fully saturated rings. The number of unbranched alkanes of at least 4 members (excludes halogenated alkanes) is 9. The summed E-state index contributed by atoms with van der Waals surface area (Å²) in [6, 6.07) is 0. The first kappa shape index (κ1) is 21.4. The predicted octanol–water partition coefficient (Wildman–Crippen LogP) is 9.92. The molecule has 0 amide bonds. The van der Waals surface area contributed by atoms with Crippen LogP contribution < -0.4 is 4.90 Å². The van der Waals surface area contributed by atoms with Crippen molar-refractivity contribution in [2.75, 3.05) is 11.4 Å². The molecule has 1 aliphatic heterocycles. The summed E-state index contributed by atoms with van der Waals surface area (Å²) in [5, 5.41) is 0. The van der Waals surface area contributed by atoms with E-state index in [9.17, 15) is 0 Å². The third kappa shape index (κ3) is 5.39. The van der Waals surface area contributed by atoms with Gasteiger partial charge < -0.3 is 4.90 Å². The Morgan fingerprint density at radius 3 is 1.62 bits per heavy atom. The van der Waals surface area contributed by atoms with Gasteiger partial charge in [0.2, 0.25) is 0 Å². The van der Waals surface area contributed by atoms with Crippen LogP contribution >= 0.6 is 77.6 Å². The van der Waals surface area contributed by atoms with E-state index in [2.05, 4.69) is 11.8 Å². The molecule has 144 valence electrons. The molecule has 0 aromatic carbocycles. The van der Waals surface area contributed by atoms with Gasteiger partial charge in [-0.15, -0.1) is 0 Å². The second-order valence-electron chi connectivity index (χ2n) is 6.62. The third-order valence-electron chi connectivity index (χ3n) is 4.62. The summed E-state index contributed by atoms with van der Waals surface area (Å²) in [5.74, 6) is 0. The van der Waals surface area contributed by atoms with Gasteiger partial charge in [-0.3, -0.25) is 0 Å². The molecule has 0 bridgehead atoms. The first-order chi connectivity index (χ1) is 12.7. The zero-order chi connectivity index (χ0) is 18.4. The highest BCUT2D eigenvalue weighted by atomic mass is 32.9. The molecule has 2 aromatic rings. The summed E-state index contributed by atoms with van der Waals surface area (Å²) < 4.78 is 4.79. The fourth-order valence-corrected chi connectivity index (χ4v) is 11.0. The Morgan fingerprint density at radius 1 is 0.654 bits per heavy atom. The minimum Gasteiger partial charge on any atom is -0.334 e. The summed E-state index contributed by atoms with van der Waals surface area (Å²) in [4.78, 5) is 2.44. The Bertz CT molecular complexity index is 743. The SMILES string of the molecule is CCCCCCCCCCCCN1c2c(ssc2=S)Sc2ssc(=S)c21. The van der Waals surface area contributed by atoms with E-state index in [1.165, 1.54) is 84.0 Å². The molecule has 3 heterocycles. The van der Waals surface area contributed by atoms with Gasteiger partial charge in [0.1, 0.15) is 16.1 Å². The average molecular weight is 480 g/mol. The van der Waals surface area contributed by atoms with E-state index in [0.717, 1.165) is 14.2 Å². The third-order valence-corrected chi connectivity index (χ3v) is 12.6. The lowest BCUT2D eigenvalue weighted by atomic mass is 10.1. The highest BCUT2D eigenvalue weighted by molar-refractivity contribution is 8.06. The number of hydrogen-bond donors (Lipinski definition) is 0. The minimum atomic E-state index is 1.03. The zero-order valence-corrected chi connectivity index (χ0v) is 20.8. The van der Waals surface area contributed by atoms with E-state index in [-0.39, 0.29) is 0 Å². The Kier molecular flexibility index (Phi) is 9.07. The molecular formula is C18H25NS7. The molecule has 8 heteroatoms. The molecule has 0 N–H and O–H groups in total. The maximum absolute atomic E-state index is 5.62. The van der Waals surface area contributed by atoms with E-state index in [4.69, 9.17) is 24.4 Å². The fourth-order valence-electron chi connectivity index (χ4n) is 3.22. The van der Waals surface area contributed by atoms with Gasteiger partial charge in [0.25, 0.3) is 0 Å². The normalized spacial score (nSPS) is 13.0. The Morgan fingerprint density at radius 2 is 1.12 bits per heavy atom. The summed E-state index contributed by atoms with van der Waals surface area (Å²) in [6.45, 7) is 3.33. The van der Waals surface area contributed by atoms with Gasteiger partial charge in [0, 0.05) is 6.54 Å². The molecule has 3 rings (SSSR count). The van der Waals surface area contributed by atoms with Crippen molar-refractivity contribution in [2.45, 2.75) is 79.6 Å². The summed E-state index contributed by atoms with van der Waals surface area (Å²) in [6.07, 6.45) is 13.7. The smallest absolute Gasteiger partial charge is 0.126 e. The molecule has 1 nitrogen and oxygen atoms in total. The number of anilines is 2. The molecule has 0 radical (unpaired) electrons. The molecule has 0 aliphatic carbocycles. The van der Waals surface area contributed by atoms with Crippen LogP contribution in [0.2, 0.25) is 0 Å². The second kappa shape index (κ2) is 11.0. The van der Waals surface area contributed by atoms with E-state index in [1.54, 1.807) is 20.7 Å². The predicted molar refractivity (Wildman–Crippen MR) is 129 cm³/mol. The molecule has 0 saturated heterocycles. The van der Waals surface area contributed by atoms with Gasteiger partial charge in [-0.05, 0) is 6.42 Å². The van der Waals surface area contributed by atoms with Crippen LogP contribution in [0.25, 0.3) is 0 Å². The fraction of sp³-hybridized carbons (Fsp3) is 0.667.